The van der Waals surface area contributed by atoms with Gasteiger partial charge in [-0.15, -0.1) is 0 Å². The molecule has 0 saturated carbocycles. The van der Waals surface area contributed by atoms with Crippen molar-refractivity contribution >= 4 is 28.1 Å². The van der Waals surface area contributed by atoms with Crippen LogP contribution in [0.5, 0.6) is 0 Å². The maximum atomic E-state index is 4.82. The highest BCUT2D eigenvalue weighted by Gasteiger charge is 1.84. The maximum Gasteiger partial charge on any atom is 0.144 e. The van der Waals surface area contributed by atoms with Gasteiger partial charge in [-0.25, -0.2) is 0 Å². The van der Waals surface area contributed by atoms with Crippen molar-refractivity contribution < 1.29 is 0 Å². The first kappa shape index (κ1) is 5.91. The monoisotopic (exact) mass is 190 g/mol. The fraction of sp³-hybridized carbons (Fsp3) is 0. The molecule has 1 aromatic rings. The van der Waals surface area contributed by atoms with Gasteiger partial charge in [0.2, 0.25) is 0 Å². The molecular formula is C4H3BrN2S. The van der Waals surface area contributed by atoms with E-state index in [0.29, 0.717) is 4.60 Å². The minimum Gasteiger partial charge on any atom is -0.285 e. The van der Waals surface area contributed by atoms with Crippen LogP contribution < -0.4 is 0 Å². The van der Waals surface area contributed by atoms with Crippen LogP contribution in [0.15, 0.2) is 16.9 Å². The number of hydrogen-bond donors (Lipinski definition) is 1. The standard InChI is InChI=1S/C4H3BrN2S/c5-4-3(8)1-2-6-7-4/h1-2H,(H,6,8). The second-order valence-corrected chi connectivity index (χ2v) is 2.42. The average molecular weight is 191 g/mol. The Labute approximate surface area is 60.1 Å². The molecular weight excluding hydrogens is 188 g/mol. The Balaban J connectivity index is 3.35. The van der Waals surface area contributed by atoms with E-state index in [1.54, 1.807) is 12.3 Å². The van der Waals surface area contributed by atoms with Crippen LogP contribution in [-0.4, -0.2) is 10.2 Å². The van der Waals surface area contributed by atoms with Gasteiger partial charge in [-0.05, 0) is 22.0 Å². The lowest BCUT2D eigenvalue weighted by Crippen LogP contribution is -1.78. The first-order valence-corrected chi connectivity index (χ1v) is 3.20. The van der Waals surface area contributed by atoms with E-state index in [2.05, 4.69) is 26.1 Å². The van der Waals surface area contributed by atoms with Crippen molar-refractivity contribution in [2.45, 2.75) is 0 Å². The Hall–Kier alpha value is -0.220. The molecule has 0 bridgehead atoms. The highest BCUT2D eigenvalue weighted by atomic mass is 79.9. The van der Waals surface area contributed by atoms with Crippen molar-refractivity contribution in [2.24, 2.45) is 0 Å². The van der Waals surface area contributed by atoms with Crippen LogP contribution in [0.3, 0.4) is 0 Å². The van der Waals surface area contributed by atoms with Gasteiger partial charge in [0.05, 0.1) is 4.51 Å². The maximum absolute atomic E-state index is 4.82. The summed E-state index contributed by atoms with van der Waals surface area (Å²) in [7, 11) is 0. The third kappa shape index (κ3) is 1.14. The molecule has 0 atom stereocenters. The molecule has 0 aliphatic carbocycles. The number of hydrogen-bond acceptors (Lipinski definition) is 2. The molecule has 0 fully saturated rings. The topological polar surface area (TPSA) is 28.7 Å². The Morgan fingerprint density at radius 3 is 2.88 bits per heavy atom. The zero-order valence-electron chi connectivity index (χ0n) is 3.89. The fourth-order valence-electron chi connectivity index (χ4n) is 0.331. The number of nitrogens with one attached hydrogen (secondary N) is 1. The van der Waals surface area contributed by atoms with Crippen molar-refractivity contribution in [1.29, 1.82) is 0 Å². The Morgan fingerprint density at radius 2 is 2.50 bits per heavy atom. The number of halogens is 1. The van der Waals surface area contributed by atoms with E-state index in [9.17, 15) is 0 Å². The summed E-state index contributed by atoms with van der Waals surface area (Å²) in [5.41, 5.74) is 0. The summed E-state index contributed by atoms with van der Waals surface area (Å²) in [6, 6.07) is 1.77. The number of nitrogens with zero attached hydrogens (tertiary/aromatic N) is 1. The van der Waals surface area contributed by atoms with Gasteiger partial charge in [-0.1, -0.05) is 12.2 Å². The smallest absolute Gasteiger partial charge is 0.144 e. The van der Waals surface area contributed by atoms with E-state index in [1.807, 2.05) is 0 Å². The van der Waals surface area contributed by atoms with Gasteiger partial charge in [0.1, 0.15) is 4.60 Å². The van der Waals surface area contributed by atoms with Crippen LogP contribution in [0.2, 0.25) is 0 Å². The predicted molar refractivity (Wildman–Crippen MR) is 37.1 cm³/mol. The van der Waals surface area contributed by atoms with Gasteiger partial charge in [0, 0.05) is 6.20 Å². The molecule has 0 aromatic carbocycles. The molecule has 0 amide bonds. The lowest BCUT2D eigenvalue weighted by molar-refractivity contribution is 1.000. The molecule has 1 aromatic heterocycles. The van der Waals surface area contributed by atoms with Crippen molar-refractivity contribution in [3.63, 3.8) is 0 Å². The first-order valence-electron chi connectivity index (χ1n) is 2.00. The molecule has 1 heterocycles. The Bertz CT molecular complexity index is 231. The van der Waals surface area contributed by atoms with Gasteiger partial charge in [0.25, 0.3) is 0 Å². The highest BCUT2D eigenvalue weighted by molar-refractivity contribution is 9.10. The Morgan fingerprint density at radius 1 is 1.75 bits per heavy atom. The molecule has 4 heteroatoms. The second-order valence-electron chi connectivity index (χ2n) is 1.23. The summed E-state index contributed by atoms with van der Waals surface area (Å²) in [6.07, 6.45) is 1.69. The van der Waals surface area contributed by atoms with Crippen molar-refractivity contribution in [1.82, 2.24) is 10.2 Å². The highest BCUT2D eigenvalue weighted by Crippen LogP contribution is 2.03. The predicted octanol–water partition coefficient (Wildman–Crippen LogP) is 1.90. The molecule has 0 aliphatic rings. The number of aromatic nitrogens is 2. The average Bonchev–Trinajstić information content (AvgIpc) is 1.77. The van der Waals surface area contributed by atoms with Crippen LogP contribution in [0, 0.1) is 4.51 Å². The molecule has 0 unspecified atom stereocenters. The van der Waals surface area contributed by atoms with Crippen molar-refractivity contribution in [2.75, 3.05) is 0 Å². The van der Waals surface area contributed by atoms with Gasteiger partial charge >= 0.3 is 0 Å². The van der Waals surface area contributed by atoms with Gasteiger partial charge < -0.3 is 0 Å². The number of rotatable bonds is 0. The van der Waals surface area contributed by atoms with E-state index < -0.39 is 0 Å². The minimum atomic E-state index is 0.690. The molecule has 8 heavy (non-hydrogen) atoms. The molecule has 42 valence electrons. The second kappa shape index (κ2) is 2.37. The molecule has 0 radical (unpaired) electrons. The van der Waals surface area contributed by atoms with E-state index >= 15 is 0 Å². The Kier molecular flexibility index (Phi) is 1.75. The van der Waals surface area contributed by atoms with Gasteiger partial charge in [-0.3, -0.25) is 5.10 Å². The molecule has 1 rings (SSSR count). The van der Waals surface area contributed by atoms with Gasteiger partial charge in [0.15, 0.2) is 0 Å². The van der Waals surface area contributed by atoms with E-state index in [-0.39, 0.29) is 0 Å². The normalized spacial score (nSPS) is 9.12. The number of H-pyrrole nitrogens is 1. The van der Waals surface area contributed by atoms with E-state index in [4.69, 9.17) is 12.2 Å². The molecule has 1 N–H and O–H groups in total. The van der Waals surface area contributed by atoms with E-state index in [0.717, 1.165) is 4.51 Å². The third-order valence-corrected chi connectivity index (χ3v) is 1.87. The van der Waals surface area contributed by atoms with Crippen LogP contribution in [0.25, 0.3) is 0 Å². The zero-order valence-corrected chi connectivity index (χ0v) is 6.29. The van der Waals surface area contributed by atoms with Crippen molar-refractivity contribution in [3.05, 3.63) is 21.4 Å². The molecule has 0 saturated heterocycles. The minimum absolute atomic E-state index is 0.690. The molecule has 2 nitrogen and oxygen atoms in total. The summed E-state index contributed by atoms with van der Waals surface area (Å²) in [6.45, 7) is 0. The van der Waals surface area contributed by atoms with Gasteiger partial charge in [-0.2, -0.15) is 5.10 Å². The van der Waals surface area contributed by atoms with Crippen LogP contribution in [0.1, 0.15) is 0 Å². The summed E-state index contributed by atoms with van der Waals surface area (Å²) < 4.78 is 1.42. The summed E-state index contributed by atoms with van der Waals surface area (Å²) in [5.74, 6) is 0. The fourth-order valence-corrected chi connectivity index (χ4v) is 0.679. The van der Waals surface area contributed by atoms with E-state index in [1.165, 1.54) is 0 Å². The largest absolute Gasteiger partial charge is 0.285 e. The van der Waals surface area contributed by atoms with Crippen molar-refractivity contribution in [3.8, 4) is 0 Å². The third-order valence-electron chi connectivity index (χ3n) is 0.675. The summed E-state index contributed by atoms with van der Waals surface area (Å²) in [5, 5.41) is 6.40. The lowest BCUT2D eigenvalue weighted by atomic mass is 10.6. The SMILES string of the molecule is S=c1cc[nH]nc1Br. The van der Waals surface area contributed by atoms with Crippen LogP contribution in [-0.2, 0) is 0 Å². The van der Waals surface area contributed by atoms with Crippen LogP contribution >= 0.6 is 28.1 Å². The molecule has 0 aliphatic heterocycles. The zero-order chi connectivity index (χ0) is 5.98. The lowest BCUT2D eigenvalue weighted by Gasteiger charge is -1.83. The first-order chi connectivity index (χ1) is 3.80. The number of aromatic amines is 1. The van der Waals surface area contributed by atoms with Crippen LogP contribution in [0.4, 0.5) is 0 Å². The quantitative estimate of drug-likeness (QED) is 0.634. The molecule has 0 spiro atoms. The summed E-state index contributed by atoms with van der Waals surface area (Å²) in [4.78, 5) is 0. The summed E-state index contributed by atoms with van der Waals surface area (Å²) >= 11 is 7.97.